The van der Waals surface area contributed by atoms with Gasteiger partial charge in [0.1, 0.15) is 5.56 Å². The fourth-order valence-electron chi connectivity index (χ4n) is 2.41. The van der Waals surface area contributed by atoms with Gasteiger partial charge in [0.25, 0.3) is 5.69 Å². The molecule has 0 heterocycles. The zero-order valence-corrected chi connectivity index (χ0v) is 10.8. The van der Waals surface area contributed by atoms with Crippen LogP contribution in [0.5, 0.6) is 0 Å². The molecule has 2 rings (SSSR count). The normalized spacial score (nSPS) is 16.4. The number of carboxylic acid groups (broad SMARTS) is 1. The summed E-state index contributed by atoms with van der Waals surface area (Å²) in [6.45, 7) is 0.161. The summed E-state index contributed by atoms with van der Waals surface area (Å²) in [5.41, 5.74) is -0.729. The van der Waals surface area contributed by atoms with Gasteiger partial charge in [0.15, 0.2) is 0 Å². The molecule has 1 aliphatic rings. The average Bonchev–Trinajstić information content (AvgIpc) is 2.37. The van der Waals surface area contributed by atoms with Gasteiger partial charge in [-0.1, -0.05) is 12.1 Å². The number of aromatic carboxylic acids is 1. The van der Waals surface area contributed by atoms with Crippen molar-refractivity contribution >= 4 is 11.7 Å². The Labute approximate surface area is 115 Å². The molecule has 1 saturated carbocycles. The van der Waals surface area contributed by atoms with E-state index in [1.165, 1.54) is 12.1 Å². The SMILES string of the molecule is O=C(O)c1c(CNC2(CO)CCC2)cccc1[N+](=O)[O-]. The highest BCUT2D eigenvalue weighted by Gasteiger charge is 2.36. The van der Waals surface area contributed by atoms with Crippen molar-refractivity contribution in [1.82, 2.24) is 5.32 Å². The van der Waals surface area contributed by atoms with Gasteiger partial charge in [0.2, 0.25) is 0 Å². The van der Waals surface area contributed by atoms with E-state index in [9.17, 15) is 25.1 Å². The number of aliphatic hydroxyl groups excluding tert-OH is 1. The summed E-state index contributed by atoms with van der Waals surface area (Å²) < 4.78 is 0. The van der Waals surface area contributed by atoms with Crippen LogP contribution in [-0.4, -0.2) is 33.3 Å². The number of nitro benzene ring substituents is 1. The summed E-state index contributed by atoms with van der Waals surface area (Å²) >= 11 is 0. The second kappa shape index (κ2) is 5.56. The minimum Gasteiger partial charge on any atom is -0.477 e. The Morgan fingerprint density at radius 3 is 2.60 bits per heavy atom. The molecule has 0 spiro atoms. The number of hydrogen-bond acceptors (Lipinski definition) is 5. The number of rotatable bonds is 6. The van der Waals surface area contributed by atoms with Crippen LogP contribution in [0.3, 0.4) is 0 Å². The summed E-state index contributed by atoms with van der Waals surface area (Å²) in [7, 11) is 0. The molecule has 1 aliphatic carbocycles. The number of hydrogen-bond donors (Lipinski definition) is 3. The van der Waals surface area contributed by atoms with Crippen molar-refractivity contribution in [2.45, 2.75) is 31.3 Å². The molecule has 1 fully saturated rings. The maximum atomic E-state index is 11.2. The molecule has 0 amide bonds. The Bertz CT molecular complexity index is 534. The van der Waals surface area contributed by atoms with Crippen LogP contribution in [0.1, 0.15) is 35.2 Å². The third-order valence-electron chi connectivity index (χ3n) is 3.81. The van der Waals surface area contributed by atoms with E-state index >= 15 is 0 Å². The lowest BCUT2D eigenvalue weighted by atomic mass is 9.77. The summed E-state index contributed by atoms with van der Waals surface area (Å²) in [5.74, 6) is -1.32. The lowest BCUT2D eigenvalue weighted by Gasteiger charge is -2.41. The van der Waals surface area contributed by atoms with E-state index in [1.54, 1.807) is 6.07 Å². The van der Waals surface area contributed by atoms with Crippen LogP contribution in [0.15, 0.2) is 18.2 Å². The van der Waals surface area contributed by atoms with Gasteiger partial charge in [-0.25, -0.2) is 4.79 Å². The quantitative estimate of drug-likeness (QED) is 0.534. The molecule has 0 aliphatic heterocycles. The fourth-order valence-corrected chi connectivity index (χ4v) is 2.41. The number of benzene rings is 1. The van der Waals surface area contributed by atoms with Crippen LogP contribution in [-0.2, 0) is 6.54 Å². The molecule has 3 N–H and O–H groups in total. The second-order valence-electron chi connectivity index (χ2n) is 5.02. The van der Waals surface area contributed by atoms with E-state index in [4.69, 9.17) is 0 Å². The maximum Gasteiger partial charge on any atom is 0.343 e. The molecule has 1 aromatic rings. The molecule has 0 saturated heterocycles. The summed E-state index contributed by atoms with van der Waals surface area (Å²) in [5, 5.41) is 32.5. The summed E-state index contributed by atoms with van der Waals surface area (Å²) in [6, 6.07) is 4.19. The molecule has 0 aromatic heterocycles. The molecule has 0 atom stereocenters. The molecular formula is C13H16N2O5. The maximum absolute atomic E-state index is 11.2. The first-order chi connectivity index (χ1) is 9.49. The highest BCUT2D eigenvalue weighted by Crippen LogP contribution is 2.32. The lowest BCUT2D eigenvalue weighted by molar-refractivity contribution is -0.385. The molecule has 0 radical (unpaired) electrons. The minimum atomic E-state index is -1.32. The Hall–Kier alpha value is -1.99. The van der Waals surface area contributed by atoms with Crippen LogP contribution in [0.2, 0.25) is 0 Å². The van der Waals surface area contributed by atoms with E-state index in [0.29, 0.717) is 5.56 Å². The van der Waals surface area contributed by atoms with E-state index < -0.39 is 16.6 Å². The van der Waals surface area contributed by atoms with E-state index in [1.807, 2.05) is 0 Å². The van der Waals surface area contributed by atoms with E-state index in [2.05, 4.69) is 5.32 Å². The molecular weight excluding hydrogens is 264 g/mol. The van der Waals surface area contributed by atoms with Gasteiger partial charge in [-0.05, 0) is 24.8 Å². The van der Waals surface area contributed by atoms with Gasteiger partial charge in [0, 0.05) is 18.2 Å². The number of nitrogens with one attached hydrogen (secondary N) is 1. The monoisotopic (exact) mass is 280 g/mol. The van der Waals surface area contributed by atoms with E-state index in [-0.39, 0.29) is 24.3 Å². The lowest BCUT2D eigenvalue weighted by Crippen LogP contribution is -2.53. The molecule has 1 aromatic carbocycles. The number of nitro groups is 1. The first-order valence-corrected chi connectivity index (χ1v) is 6.34. The van der Waals surface area contributed by atoms with Crippen molar-refractivity contribution in [2.24, 2.45) is 0 Å². The highest BCUT2D eigenvalue weighted by atomic mass is 16.6. The van der Waals surface area contributed by atoms with Gasteiger partial charge in [-0.3, -0.25) is 10.1 Å². The largest absolute Gasteiger partial charge is 0.477 e. The summed E-state index contributed by atoms with van der Waals surface area (Å²) in [4.78, 5) is 21.4. The van der Waals surface area contributed by atoms with Gasteiger partial charge in [-0.15, -0.1) is 0 Å². The standard InChI is InChI=1S/C13H16N2O5/c16-8-13(5-2-6-13)14-7-9-3-1-4-10(15(19)20)11(9)12(17)18/h1,3-4,14,16H,2,5-8H2,(H,17,18). The highest BCUT2D eigenvalue weighted by molar-refractivity contribution is 5.94. The molecule has 20 heavy (non-hydrogen) atoms. The average molecular weight is 280 g/mol. The number of nitrogens with zero attached hydrogens (tertiary/aromatic N) is 1. The van der Waals surface area contributed by atoms with Crippen LogP contribution in [0.25, 0.3) is 0 Å². The molecule has 7 heteroatoms. The van der Waals surface area contributed by atoms with Crippen LogP contribution < -0.4 is 5.32 Å². The smallest absolute Gasteiger partial charge is 0.343 e. The van der Waals surface area contributed by atoms with E-state index in [0.717, 1.165) is 19.3 Å². The number of carbonyl (C=O) groups is 1. The zero-order valence-electron chi connectivity index (χ0n) is 10.8. The predicted octanol–water partition coefficient (Wildman–Crippen LogP) is 1.30. The third-order valence-corrected chi connectivity index (χ3v) is 3.81. The van der Waals surface area contributed by atoms with Crippen molar-refractivity contribution < 1.29 is 19.9 Å². The zero-order chi connectivity index (χ0) is 14.8. The minimum absolute atomic E-state index is 0.0235. The van der Waals surface area contributed by atoms with Crippen LogP contribution in [0, 0.1) is 10.1 Å². The predicted molar refractivity (Wildman–Crippen MR) is 70.6 cm³/mol. The topological polar surface area (TPSA) is 113 Å². The van der Waals surface area contributed by atoms with Crippen molar-refractivity contribution in [3.8, 4) is 0 Å². The Morgan fingerprint density at radius 1 is 1.45 bits per heavy atom. The van der Waals surface area contributed by atoms with Crippen molar-refractivity contribution in [3.63, 3.8) is 0 Å². The van der Waals surface area contributed by atoms with Crippen LogP contribution >= 0.6 is 0 Å². The Balaban J connectivity index is 2.25. The summed E-state index contributed by atoms with van der Waals surface area (Å²) in [6.07, 6.45) is 2.65. The fraction of sp³-hybridized carbons (Fsp3) is 0.462. The Morgan fingerprint density at radius 2 is 2.15 bits per heavy atom. The molecule has 0 bridgehead atoms. The first-order valence-electron chi connectivity index (χ1n) is 6.34. The van der Waals surface area contributed by atoms with Gasteiger partial charge >= 0.3 is 5.97 Å². The molecule has 7 nitrogen and oxygen atoms in total. The van der Waals surface area contributed by atoms with Crippen molar-refractivity contribution in [2.75, 3.05) is 6.61 Å². The molecule has 0 unspecified atom stereocenters. The first kappa shape index (κ1) is 14.4. The van der Waals surface area contributed by atoms with Gasteiger partial charge in [0.05, 0.1) is 11.5 Å². The van der Waals surface area contributed by atoms with Crippen molar-refractivity contribution in [3.05, 3.63) is 39.4 Å². The number of carboxylic acids is 1. The molecule has 108 valence electrons. The number of aliphatic hydroxyl groups is 1. The van der Waals surface area contributed by atoms with Crippen molar-refractivity contribution in [1.29, 1.82) is 0 Å². The van der Waals surface area contributed by atoms with Crippen LogP contribution in [0.4, 0.5) is 5.69 Å². The van der Waals surface area contributed by atoms with Gasteiger partial charge in [-0.2, -0.15) is 0 Å². The second-order valence-corrected chi connectivity index (χ2v) is 5.02. The van der Waals surface area contributed by atoms with Gasteiger partial charge < -0.3 is 15.5 Å². The third kappa shape index (κ3) is 2.63. The Kier molecular flexibility index (Phi) is 4.01.